The lowest BCUT2D eigenvalue weighted by Gasteiger charge is -2.32. The minimum Gasteiger partial charge on any atom is -0.409 e. The van der Waals surface area contributed by atoms with E-state index in [1.165, 1.54) is 0 Å². The molecule has 2 atom stereocenters. The van der Waals surface area contributed by atoms with Gasteiger partial charge in [0, 0.05) is 0 Å². The molecule has 0 amide bonds. The Balaban J connectivity index is 2.84. The summed E-state index contributed by atoms with van der Waals surface area (Å²) >= 11 is 0. The minimum atomic E-state index is -1.23. The monoisotopic (exact) mass is 247 g/mol. The highest BCUT2D eigenvalue weighted by molar-refractivity contribution is 7.84. The molecule has 0 bridgehead atoms. The van der Waals surface area contributed by atoms with Crippen LogP contribution >= 0.6 is 0 Å². The normalized spacial score (nSPS) is 23.9. The summed E-state index contributed by atoms with van der Waals surface area (Å²) in [5, 5.41) is 11.8. The minimum absolute atomic E-state index is 0.104. The first-order valence-electron chi connectivity index (χ1n) is 5.39. The number of nitrogens with two attached hydrogens (primary N) is 1. The van der Waals surface area contributed by atoms with Gasteiger partial charge in [0.2, 0.25) is 0 Å². The van der Waals surface area contributed by atoms with Crippen LogP contribution in [0.3, 0.4) is 0 Å². The maximum Gasteiger partial charge on any atom is 0.160 e. The maximum absolute atomic E-state index is 12.0. The summed E-state index contributed by atoms with van der Waals surface area (Å²) < 4.78 is 14.7. The molecule has 5 nitrogen and oxygen atoms in total. The lowest BCUT2D eigenvalue weighted by atomic mass is 9.96. The van der Waals surface area contributed by atoms with E-state index >= 15 is 0 Å². The summed E-state index contributed by atoms with van der Waals surface area (Å²) in [7, 11) is -1.23. The zero-order valence-electron chi connectivity index (χ0n) is 10.3. The van der Waals surface area contributed by atoms with Crippen molar-refractivity contribution in [1.82, 2.24) is 4.72 Å². The average molecular weight is 247 g/mol. The Morgan fingerprint density at radius 3 is 2.25 bits per heavy atom. The molecule has 1 rings (SSSR count). The molecule has 0 aromatic rings. The lowest BCUT2D eigenvalue weighted by Crippen LogP contribution is -2.57. The van der Waals surface area contributed by atoms with Crippen LogP contribution in [0, 0.1) is 5.92 Å². The SMILES string of the molecule is CC(N[S@@](=O)C(C)(C)C)(C(N)=NO)C1CC1. The molecule has 0 radical (unpaired) electrons. The third-order valence-electron chi connectivity index (χ3n) is 2.89. The standard InChI is InChI=1S/C10H21N3O2S/c1-9(2,3)16(15)13-10(4,7-5-6-7)8(11)12-14/h7,13-14H,5-6H2,1-4H3,(H2,11,12)/t10?,16-/m0/s1. The molecule has 0 spiro atoms. The first kappa shape index (κ1) is 13.4. The Kier molecular flexibility index (Phi) is 3.64. The van der Waals surface area contributed by atoms with Gasteiger partial charge in [-0.3, -0.25) is 0 Å². The third-order valence-corrected chi connectivity index (χ3v) is 4.62. The lowest BCUT2D eigenvalue weighted by molar-refractivity contribution is 0.308. The van der Waals surface area contributed by atoms with Gasteiger partial charge in [-0.05, 0) is 46.5 Å². The largest absolute Gasteiger partial charge is 0.409 e. The number of nitrogens with one attached hydrogen (secondary N) is 1. The van der Waals surface area contributed by atoms with Crippen LogP contribution in [0.1, 0.15) is 40.5 Å². The number of nitrogens with zero attached hydrogens (tertiary/aromatic N) is 1. The van der Waals surface area contributed by atoms with Crippen LogP contribution in [0.5, 0.6) is 0 Å². The Morgan fingerprint density at radius 2 is 1.94 bits per heavy atom. The number of amidine groups is 1. The van der Waals surface area contributed by atoms with Gasteiger partial charge in [-0.25, -0.2) is 8.93 Å². The van der Waals surface area contributed by atoms with E-state index in [9.17, 15) is 4.21 Å². The molecular formula is C10H21N3O2S. The first-order chi connectivity index (χ1) is 7.21. The van der Waals surface area contributed by atoms with Gasteiger partial charge < -0.3 is 10.9 Å². The first-order valence-corrected chi connectivity index (χ1v) is 6.54. The molecule has 1 aliphatic rings. The van der Waals surface area contributed by atoms with E-state index in [1.807, 2.05) is 27.7 Å². The molecule has 1 aliphatic carbocycles. The summed E-state index contributed by atoms with van der Waals surface area (Å²) in [4.78, 5) is 0. The highest BCUT2D eigenvalue weighted by atomic mass is 32.2. The van der Waals surface area contributed by atoms with Gasteiger partial charge in [-0.1, -0.05) is 5.16 Å². The van der Waals surface area contributed by atoms with E-state index in [2.05, 4.69) is 9.88 Å². The molecule has 0 aromatic carbocycles. The zero-order valence-corrected chi connectivity index (χ0v) is 11.1. The molecule has 4 N–H and O–H groups in total. The Hall–Kier alpha value is -0.620. The Labute approximate surface area is 99.1 Å². The second-order valence-electron chi connectivity index (χ2n) is 5.45. The van der Waals surface area contributed by atoms with E-state index < -0.39 is 16.5 Å². The van der Waals surface area contributed by atoms with E-state index in [0.29, 0.717) is 5.92 Å². The van der Waals surface area contributed by atoms with Crippen molar-refractivity contribution in [1.29, 1.82) is 0 Å². The molecule has 6 heteroatoms. The average Bonchev–Trinajstić information content (AvgIpc) is 2.97. The summed E-state index contributed by atoms with van der Waals surface area (Å²) in [6, 6.07) is 0. The van der Waals surface area contributed by atoms with Gasteiger partial charge in [0.25, 0.3) is 0 Å². The van der Waals surface area contributed by atoms with Crippen molar-refractivity contribution < 1.29 is 9.42 Å². The topological polar surface area (TPSA) is 87.7 Å². The summed E-state index contributed by atoms with van der Waals surface area (Å²) in [5.41, 5.74) is 5.01. The zero-order chi connectivity index (χ0) is 12.6. The fourth-order valence-electron chi connectivity index (χ4n) is 1.45. The second kappa shape index (κ2) is 4.33. The van der Waals surface area contributed by atoms with Crippen molar-refractivity contribution >= 4 is 16.8 Å². The Morgan fingerprint density at radius 1 is 1.44 bits per heavy atom. The van der Waals surface area contributed by atoms with Crippen LogP contribution in [0.4, 0.5) is 0 Å². The number of hydrogen-bond acceptors (Lipinski definition) is 3. The highest BCUT2D eigenvalue weighted by Crippen LogP contribution is 2.40. The van der Waals surface area contributed by atoms with Crippen LogP contribution in [-0.2, 0) is 11.0 Å². The highest BCUT2D eigenvalue weighted by Gasteiger charge is 2.47. The van der Waals surface area contributed by atoms with Gasteiger partial charge in [0.1, 0.15) is 0 Å². The molecule has 0 aliphatic heterocycles. The molecule has 0 saturated heterocycles. The number of rotatable bonds is 4. The van der Waals surface area contributed by atoms with E-state index in [4.69, 9.17) is 10.9 Å². The predicted molar refractivity (Wildman–Crippen MR) is 65.6 cm³/mol. The van der Waals surface area contributed by atoms with Crippen molar-refractivity contribution in [3.63, 3.8) is 0 Å². The maximum atomic E-state index is 12.0. The van der Waals surface area contributed by atoms with Gasteiger partial charge in [0.05, 0.1) is 21.3 Å². The van der Waals surface area contributed by atoms with Crippen molar-refractivity contribution in [3.8, 4) is 0 Å². The van der Waals surface area contributed by atoms with Crippen molar-refractivity contribution in [2.45, 2.75) is 50.8 Å². The number of oxime groups is 1. The molecule has 1 saturated carbocycles. The third kappa shape index (κ3) is 2.74. The van der Waals surface area contributed by atoms with E-state index in [0.717, 1.165) is 12.8 Å². The predicted octanol–water partition coefficient (Wildman–Crippen LogP) is 0.953. The molecule has 1 fully saturated rings. The smallest absolute Gasteiger partial charge is 0.160 e. The van der Waals surface area contributed by atoms with Crippen LogP contribution < -0.4 is 10.5 Å². The summed E-state index contributed by atoms with van der Waals surface area (Å²) in [5.74, 6) is 0.405. The van der Waals surface area contributed by atoms with Crippen molar-refractivity contribution in [2.75, 3.05) is 0 Å². The van der Waals surface area contributed by atoms with Gasteiger partial charge in [-0.2, -0.15) is 0 Å². The quantitative estimate of drug-likeness (QED) is 0.299. The molecule has 0 heterocycles. The van der Waals surface area contributed by atoms with Crippen LogP contribution in [0.2, 0.25) is 0 Å². The van der Waals surface area contributed by atoms with Gasteiger partial charge in [0.15, 0.2) is 5.84 Å². The van der Waals surface area contributed by atoms with Crippen molar-refractivity contribution in [3.05, 3.63) is 0 Å². The summed E-state index contributed by atoms with van der Waals surface area (Å²) in [6.45, 7) is 7.49. The molecule has 94 valence electrons. The molecule has 16 heavy (non-hydrogen) atoms. The molecular weight excluding hydrogens is 226 g/mol. The van der Waals surface area contributed by atoms with Gasteiger partial charge in [-0.15, -0.1) is 0 Å². The fraction of sp³-hybridized carbons (Fsp3) is 0.900. The van der Waals surface area contributed by atoms with Crippen LogP contribution in [0.25, 0.3) is 0 Å². The van der Waals surface area contributed by atoms with Crippen LogP contribution in [0.15, 0.2) is 5.16 Å². The number of hydrogen-bond donors (Lipinski definition) is 3. The molecule has 0 aromatic heterocycles. The van der Waals surface area contributed by atoms with Crippen molar-refractivity contribution in [2.24, 2.45) is 16.8 Å². The molecule has 1 unspecified atom stereocenters. The van der Waals surface area contributed by atoms with E-state index in [-0.39, 0.29) is 10.6 Å². The second-order valence-corrected chi connectivity index (χ2v) is 7.41. The summed E-state index contributed by atoms with van der Waals surface area (Å²) in [6.07, 6.45) is 2.03. The van der Waals surface area contributed by atoms with E-state index in [1.54, 1.807) is 0 Å². The Bertz CT molecular complexity index is 321. The fourth-order valence-corrected chi connectivity index (χ4v) is 2.42. The van der Waals surface area contributed by atoms with Gasteiger partial charge >= 0.3 is 0 Å². The van der Waals surface area contributed by atoms with Crippen LogP contribution in [-0.4, -0.2) is 25.5 Å².